The number of hydrogen-bond donors (Lipinski definition) is 2. The van der Waals surface area contributed by atoms with Crippen molar-refractivity contribution in [1.82, 2.24) is 10.2 Å². The minimum absolute atomic E-state index is 0.539. The molecule has 1 heterocycles. The van der Waals surface area contributed by atoms with E-state index in [0.717, 1.165) is 59.5 Å². The standard InChI is InChI=1S/C30H32Cl4N8/c31-13-17-41(18-14-32)25-9-5-23(6-10-25)21-35-37-29-27-3-1-2-4-28(27)30(40-39-29)38-36-22-24-7-11-26(12-8-24)42(19-15-33)20-16-34/h1-12,21-22H,13-20H2,(H,37,39)(H,38,40)/b35-21-,36-22-. The third-order valence-electron chi connectivity index (χ3n) is 6.39. The van der Waals surface area contributed by atoms with Crippen molar-refractivity contribution in [2.45, 2.75) is 0 Å². The SMILES string of the molecule is ClCCN(CCCl)c1ccc(/C=N\Nc2nnc(N/N=C\c3ccc(N(CCCl)CCCl)cc3)c3ccccc23)cc1. The molecule has 0 aliphatic rings. The van der Waals surface area contributed by atoms with Crippen LogP contribution < -0.4 is 20.7 Å². The normalized spacial score (nSPS) is 11.4. The van der Waals surface area contributed by atoms with E-state index in [4.69, 9.17) is 46.4 Å². The van der Waals surface area contributed by atoms with E-state index in [1.165, 1.54) is 0 Å². The summed E-state index contributed by atoms with van der Waals surface area (Å²) in [5.74, 6) is 3.24. The first kappa shape index (κ1) is 31.6. The highest BCUT2D eigenvalue weighted by molar-refractivity contribution is 6.19. The van der Waals surface area contributed by atoms with E-state index in [-0.39, 0.29) is 0 Å². The van der Waals surface area contributed by atoms with Gasteiger partial charge in [-0.25, -0.2) is 0 Å². The van der Waals surface area contributed by atoms with E-state index < -0.39 is 0 Å². The van der Waals surface area contributed by atoms with Crippen LogP contribution in [0.1, 0.15) is 11.1 Å². The third kappa shape index (κ3) is 8.85. The second kappa shape index (κ2) is 17.0. The molecule has 3 aromatic carbocycles. The van der Waals surface area contributed by atoms with Crippen LogP contribution in [0.25, 0.3) is 10.8 Å². The first-order chi connectivity index (χ1) is 20.7. The second-order valence-corrected chi connectivity index (χ2v) is 10.6. The lowest BCUT2D eigenvalue weighted by Gasteiger charge is -2.22. The molecule has 4 aromatic rings. The van der Waals surface area contributed by atoms with Gasteiger partial charge in [0.1, 0.15) is 0 Å². The molecule has 0 aliphatic carbocycles. The topological polar surface area (TPSA) is 81.0 Å². The molecule has 42 heavy (non-hydrogen) atoms. The molecule has 4 rings (SSSR count). The van der Waals surface area contributed by atoms with Crippen LogP contribution in [-0.2, 0) is 0 Å². The monoisotopic (exact) mass is 644 g/mol. The summed E-state index contributed by atoms with van der Waals surface area (Å²) < 4.78 is 0. The first-order valence-electron chi connectivity index (χ1n) is 13.4. The van der Waals surface area contributed by atoms with Crippen molar-refractivity contribution in [3.8, 4) is 0 Å². The number of aromatic nitrogens is 2. The van der Waals surface area contributed by atoms with Gasteiger partial charge < -0.3 is 9.80 Å². The molecule has 0 amide bonds. The quantitative estimate of drug-likeness (QED) is 0.0769. The minimum atomic E-state index is 0.539. The fourth-order valence-corrected chi connectivity index (χ4v) is 5.11. The van der Waals surface area contributed by atoms with E-state index in [1.807, 2.05) is 72.8 Å². The summed E-state index contributed by atoms with van der Waals surface area (Å²) in [5, 5.41) is 19.2. The van der Waals surface area contributed by atoms with Crippen molar-refractivity contribution in [2.75, 3.05) is 70.4 Å². The van der Waals surface area contributed by atoms with Crippen LogP contribution in [0.3, 0.4) is 0 Å². The molecule has 8 nitrogen and oxygen atoms in total. The molecule has 0 unspecified atom stereocenters. The smallest absolute Gasteiger partial charge is 0.176 e. The molecule has 12 heteroatoms. The molecule has 0 bridgehead atoms. The molecule has 0 fully saturated rings. The second-order valence-electron chi connectivity index (χ2n) is 9.10. The maximum Gasteiger partial charge on any atom is 0.176 e. The van der Waals surface area contributed by atoms with Gasteiger partial charge in [-0.3, -0.25) is 10.9 Å². The lowest BCUT2D eigenvalue weighted by atomic mass is 10.2. The Labute approximate surface area is 266 Å². The van der Waals surface area contributed by atoms with Gasteiger partial charge in [-0.1, -0.05) is 48.5 Å². The fraction of sp³-hybridized carbons (Fsp3) is 0.267. The zero-order chi connectivity index (χ0) is 29.6. The van der Waals surface area contributed by atoms with E-state index >= 15 is 0 Å². The maximum atomic E-state index is 5.93. The molecule has 220 valence electrons. The van der Waals surface area contributed by atoms with Gasteiger partial charge in [0.15, 0.2) is 11.6 Å². The molecule has 0 aliphatic heterocycles. The van der Waals surface area contributed by atoms with Crippen LogP contribution in [0.15, 0.2) is 83.0 Å². The van der Waals surface area contributed by atoms with Crippen molar-refractivity contribution in [3.05, 3.63) is 83.9 Å². The van der Waals surface area contributed by atoms with Crippen molar-refractivity contribution in [1.29, 1.82) is 0 Å². The number of alkyl halides is 4. The van der Waals surface area contributed by atoms with Crippen LogP contribution in [0, 0.1) is 0 Å². The van der Waals surface area contributed by atoms with E-state index in [1.54, 1.807) is 12.4 Å². The molecule has 0 atom stereocenters. The number of fused-ring (bicyclic) bond motifs is 1. The van der Waals surface area contributed by atoms with Crippen molar-refractivity contribution >= 4 is 92.6 Å². The number of nitrogens with one attached hydrogen (secondary N) is 2. The zero-order valence-electron chi connectivity index (χ0n) is 22.9. The fourth-order valence-electron chi connectivity index (χ4n) is 4.30. The van der Waals surface area contributed by atoms with E-state index in [0.29, 0.717) is 35.2 Å². The van der Waals surface area contributed by atoms with Crippen molar-refractivity contribution in [3.63, 3.8) is 0 Å². The summed E-state index contributed by atoms with van der Waals surface area (Å²) in [5.41, 5.74) is 10.0. The van der Waals surface area contributed by atoms with Gasteiger partial charge in [0.05, 0.1) is 12.4 Å². The highest BCUT2D eigenvalue weighted by atomic mass is 35.5. The predicted octanol–water partition coefficient (Wildman–Crippen LogP) is 7.09. The maximum absolute atomic E-state index is 5.93. The average Bonchev–Trinajstić information content (AvgIpc) is 3.02. The number of anilines is 4. The summed E-state index contributed by atoms with van der Waals surface area (Å²) in [7, 11) is 0. The van der Waals surface area contributed by atoms with Gasteiger partial charge in [0.2, 0.25) is 0 Å². The van der Waals surface area contributed by atoms with Gasteiger partial charge >= 0.3 is 0 Å². The van der Waals surface area contributed by atoms with Crippen LogP contribution in [0.2, 0.25) is 0 Å². The first-order valence-corrected chi connectivity index (χ1v) is 15.6. The Morgan fingerprint density at radius 3 is 1.24 bits per heavy atom. The Balaban J connectivity index is 1.41. The molecular formula is C30H32Cl4N8. The summed E-state index contributed by atoms with van der Waals surface area (Å²) in [6.07, 6.45) is 3.47. The largest absolute Gasteiger partial charge is 0.369 e. The highest BCUT2D eigenvalue weighted by Gasteiger charge is 2.09. The number of rotatable bonds is 16. The highest BCUT2D eigenvalue weighted by Crippen LogP contribution is 2.26. The van der Waals surface area contributed by atoms with Gasteiger partial charge in [0.25, 0.3) is 0 Å². The number of halogens is 4. The average molecular weight is 646 g/mol. The molecule has 2 N–H and O–H groups in total. The number of benzene rings is 3. The van der Waals surface area contributed by atoms with E-state index in [9.17, 15) is 0 Å². The molecule has 0 radical (unpaired) electrons. The number of hydrazone groups is 2. The Bertz CT molecular complexity index is 1330. The number of hydrogen-bond acceptors (Lipinski definition) is 8. The van der Waals surface area contributed by atoms with Crippen LogP contribution in [0.5, 0.6) is 0 Å². The van der Waals surface area contributed by atoms with Gasteiger partial charge in [-0.05, 0) is 35.4 Å². The third-order valence-corrected chi connectivity index (χ3v) is 7.07. The van der Waals surface area contributed by atoms with E-state index in [2.05, 4.69) is 41.1 Å². The predicted molar refractivity (Wildman–Crippen MR) is 182 cm³/mol. The molecule has 0 spiro atoms. The minimum Gasteiger partial charge on any atom is -0.369 e. The summed E-state index contributed by atoms with van der Waals surface area (Å²) in [6, 6.07) is 23.9. The Morgan fingerprint density at radius 1 is 0.548 bits per heavy atom. The van der Waals surface area contributed by atoms with Crippen LogP contribution in [-0.4, -0.2) is 72.3 Å². The summed E-state index contributed by atoms with van der Waals surface area (Å²) in [4.78, 5) is 4.30. The van der Waals surface area contributed by atoms with Gasteiger partial charge in [-0.2, -0.15) is 10.2 Å². The van der Waals surface area contributed by atoms with Gasteiger partial charge in [-0.15, -0.1) is 56.6 Å². The van der Waals surface area contributed by atoms with Crippen molar-refractivity contribution in [2.24, 2.45) is 10.2 Å². The lowest BCUT2D eigenvalue weighted by Crippen LogP contribution is -2.27. The lowest BCUT2D eigenvalue weighted by molar-refractivity contribution is 0.874. The molecular weight excluding hydrogens is 614 g/mol. The van der Waals surface area contributed by atoms with Crippen LogP contribution >= 0.6 is 46.4 Å². The summed E-state index contributed by atoms with van der Waals surface area (Å²) >= 11 is 23.7. The Hall–Kier alpha value is -3.30. The zero-order valence-corrected chi connectivity index (χ0v) is 26.0. The number of nitrogens with zero attached hydrogens (tertiary/aromatic N) is 6. The Morgan fingerprint density at radius 2 is 0.905 bits per heavy atom. The Kier molecular flexibility index (Phi) is 12.8. The molecule has 0 saturated heterocycles. The van der Waals surface area contributed by atoms with Crippen LogP contribution in [0.4, 0.5) is 23.0 Å². The van der Waals surface area contributed by atoms with Gasteiger partial charge in [0, 0.05) is 71.8 Å². The summed E-state index contributed by atoms with van der Waals surface area (Å²) in [6.45, 7) is 2.95. The molecule has 1 aromatic heterocycles. The van der Waals surface area contributed by atoms with Crippen molar-refractivity contribution < 1.29 is 0 Å². The molecule has 0 saturated carbocycles.